The zero-order chi connectivity index (χ0) is 9.14. The standard InChI is InChI=1S/C9H10O3/c1-6-7(3-4-8(6)10)5-9(11)12-2/h3-4,7H,1,5H2,2H3. The third-order valence-corrected chi connectivity index (χ3v) is 1.86. The fraction of sp³-hybridized carbons (Fsp3) is 0.333. The Morgan fingerprint density at radius 3 is 2.83 bits per heavy atom. The average Bonchev–Trinajstić information content (AvgIpc) is 2.36. The van der Waals surface area contributed by atoms with Gasteiger partial charge in [-0.05, 0) is 11.6 Å². The molecule has 0 N–H and O–H groups in total. The Morgan fingerprint density at radius 2 is 2.42 bits per heavy atom. The molecule has 1 aliphatic rings. The summed E-state index contributed by atoms with van der Waals surface area (Å²) in [5, 5.41) is 0. The van der Waals surface area contributed by atoms with Gasteiger partial charge in [0, 0.05) is 5.92 Å². The van der Waals surface area contributed by atoms with Gasteiger partial charge >= 0.3 is 5.97 Å². The summed E-state index contributed by atoms with van der Waals surface area (Å²) in [5.41, 5.74) is 0.473. The minimum atomic E-state index is -0.319. The fourth-order valence-electron chi connectivity index (χ4n) is 1.06. The van der Waals surface area contributed by atoms with Gasteiger partial charge in [0.05, 0.1) is 13.5 Å². The average molecular weight is 166 g/mol. The highest BCUT2D eigenvalue weighted by molar-refractivity contribution is 6.07. The summed E-state index contributed by atoms with van der Waals surface area (Å²) in [6, 6.07) is 0. The van der Waals surface area contributed by atoms with E-state index in [1.807, 2.05) is 0 Å². The molecule has 0 aliphatic heterocycles. The van der Waals surface area contributed by atoms with Crippen LogP contribution in [0.4, 0.5) is 0 Å². The van der Waals surface area contributed by atoms with Crippen LogP contribution in [-0.4, -0.2) is 18.9 Å². The van der Waals surface area contributed by atoms with Crippen LogP contribution in [0.25, 0.3) is 0 Å². The van der Waals surface area contributed by atoms with Gasteiger partial charge in [-0.25, -0.2) is 0 Å². The number of rotatable bonds is 2. The summed E-state index contributed by atoms with van der Waals surface area (Å²) < 4.78 is 4.47. The van der Waals surface area contributed by atoms with E-state index >= 15 is 0 Å². The van der Waals surface area contributed by atoms with Gasteiger partial charge in [0.15, 0.2) is 5.78 Å². The largest absolute Gasteiger partial charge is 0.469 e. The van der Waals surface area contributed by atoms with Gasteiger partial charge in [-0.2, -0.15) is 0 Å². The lowest BCUT2D eigenvalue weighted by Gasteiger charge is -2.05. The summed E-state index contributed by atoms with van der Waals surface area (Å²) in [6.45, 7) is 3.58. The molecule has 0 aromatic heterocycles. The zero-order valence-corrected chi connectivity index (χ0v) is 6.87. The fourth-order valence-corrected chi connectivity index (χ4v) is 1.06. The molecule has 1 aliphatic carbocycles. The number of hydrogen-bond donors (Lipinski definition) is 0. The quantitative estimate of drug-likeness (QED) is 0.451. The van der Waals surface area contributed by atoms with E-state index < -0.39 is 0 Å². The van der Waals surface area contributed by atoms with Crippen molar-refractivity contribution in [2.24, 2.45) is 5.92 Å². The summed E-state index contributed by atoms with van der Waals surface area (Å²) in [4.78, 5) is 21.7. The van der Waals surface area contributed by atoms with Crippen molar-refractivity contribution in [3.8, 4) is 0 Å². The Hall–Kier alpha value is -1.38. The first-order valence-corrected chi connectivity index (χ1v) is 3.63. The Kier molecular flexibility index (Phi) is 2.43. The molecule has 0 saturated carbocycles. The first-order valence-electron chi connectivity index (χ1n) is 3.63. The van der Waals surface area contributed by atoms with Gasteiger partial charge in [0.1, 0.15) is 0 Å². The summed E-state index contributed by atoms with van der Waals surface area (Å²) in [7, 11) is 1.32. The van der Waals surface area contributed by atoms with Crippen molar-refractivity contribution in [3.05, 3.63) is 24.3 Å². The second-order valence-corrected chi connectivity index (χ2v) is 2.64. The van der Waals surface area contributed by atoms with Crippen LogP contribution in [0.5, 0.6) is 0 Å². The molecule has 0 bridgehead atoms. The van der Waals surface area contributed by atoms with Crippen molar-refractivity contribution in [2.75, 3.05) is 7.11 Å². The number of carbonyl (C=O) groups excluding carboxylic acids is 2. The third kappa shape index (κ3) is 1.61. The minimum absolute atomic E-state index is 0.0936. The van der Waals surface area contributed by atoms with Crippen LogP contribution < -0.4 is 0 Å². The van der Waals surface area contributed by atoms with E-state index in [-0.39, 0.29) is 24.1 Å². The van der Waals surface area contributed by atoms with E-state index in [0.717, 1.165) is 0 Å². The van der Waals surface area contributed by atoms with E-state index in [1.165, 1.54) is 13.2 Å². The number of allylic oxidation sites excluding steroid dienone is 3. The van der Waals surface area contributed by atoms with Crippen molar-refractivity contribution < 1.29 is 14.3 Å². The molecule has 0 aromatic carbocycles. The van der Waals surface area contributed by atoms with Crippen molar-refractivity contribution in [1.29, 1.82) is 0 Å². The van der Waals surface area contributed by atoms with Crippen LogP contribution in [-0.2, 0) is 14.3 Å². The van der Waals surface area contributed by atoms with Crippen LogP contribution in [0.1, 0.15) is 6.42 Å². The van der Waals surface area contributed by atoms with Crippen molar-refractivity contribution in [3.63, 3.8) is 0 Å². The molecule has 1 unspecified atom stereocenters. The van der Waals surface area contributed by atoms with Gasteiger partial charge in [-0.3, -0.25) is 9.59 Å². The molecule has 0 amide bonds. The van der Waals surface area contributed by atoms with Crippen LogP contribution in [0.3, 0.4) is 0 Å². The molecule has 0 fully saturated rings. The predicted octanol–water partition coefficient (Wildman–Crippen LogP) is 0.861. The molecular formula is C9H10O3. The summed E-state index contributed by atoms with van der Waals surface area (Å²) >= 11 is 0. The molecule has 0 radical (unpaired) electrons. The number of ether oxygens (including phenoxy) is 1. The van der Waals surface area contributed by atoms with E-state index in [1.54, 1.807) is 6.08 Å². The first kappa shape index (κ1) is 8.71. The minimum Gasteiger partial charge on any atom is -0.469 e. The molecule has 0 spiro atoms. The SMILES string of the molecule is C=C1C(=O)C=CC1CC(=O)OC. The molecule has 1 rings (SSSR count). The Labute approximate surface area is 70.7 Å². The number of methoxy groups -OCH3 is 1. The molecule has 0 aromatic rings. The van der Waals surface area contributed by atoms with Crippen LogP contribution in [0.2, 0.25) is 0 Å². The molecule has 3 nitrogen and oxygen atoms in total. The third-order valence-electron chi connectivity index (χ3n) is 1.86. The predicted molar refractivity (Wildman–Crippen MR) is 43.4 cm³/mol. The lowest BCUT2D eigenvalue weighted by molar-refractivity contribution is -0.141. The Morgan fingerprint density at radius 1 is 1.75 bits per heavy atom. The van der Waals surface area contributed by atoms with Gasteiger partial charge in [-0.15, -0.1) is 0 Å². The number of carbonyl (C=O) groups is 2. The number of hydrogen-bond acceptors (Lipinski definition) is 3. The smallest absolute Gasteiger partial charge is 0.306 e. The molecule has 64 valence electrons. The highest BCUT2D eigenvalue weighted by Gasteiger charge is 2.23. The van der Waals surface area contributed by atoms with E-state index in [9.17, 15) is 9.59 Å². The molecule has 0 heterocycles. The summed E-state index contributed by atoms with van der Waals surface area (Å²) in [6.07, 6.45) is 3.33. The van der Waals surface area contributed by atoms with Gasteiger partial charge < -0.3 is 4.74 Å². The maximum atomic E-state index is 10.9. The highest BCUT2D eigenvalue weighted by atomic mass is 16.5. The normalized spacial score (nSPS) is 21.6. The van der Waals surface area contributed by atoms with E-state index in [2.05, 4.69) is 11.3 Å². The van der Waals surface area contributed by atoms with Gasteiger partial charge in [-0.1, -0.05) is 12.7 Å². The van der Waals surface area contributed by atoms with E-state index in [4.69, 9.17) is 0 Å². The van der Waals surface area contributed by atoms with Gasteiger partial charge in [0.2, 0.25) is 0 Å². The Balaban J connectivity index is 2.56. The Bertz CT molecular complexity index is 263. The molecule has 3 heteroatoms. The van der Waals surface area contributed by atoms with Gasteiger partial charge in [0.25, 0.3) is 0 Å². The van der Waals surface area contributed by atoms with Crippen LogP contribution in [0, 0.1) is 5.92 Å². The second-order valence-electron chi connectivity index (χ2n) is 2.64. The van der Waals surface area contributed by atoms with Crippen molar-refractivity contribution in [2.45, 2.75) is 6.42 Å². The topological polar surface area (TPSA) is 43.4 Å². The molecule has 0 saturated heterocycles. The molecular weight excluding hydrogens is 156 g/mol. The maximum Gasteiger partial charge on any atom is 0.306 e. The molecule has 1 atom stereocenters. The lowest BCUT2D eigenvalue weighted by atomic mass is 10.0. The lowest BCUT2D eigenvalue weighted by Crippen LogP contribution is -2.09. The first-order chi connectivity index (χ1) is 5.65. The monoisotopic (exact) mass is 166 g/mol. The van der Waals surface area contributed by atoms with Crippen molar-refractivity contribution in [1.82, 2.24) is 0 Å². The maximum absolute atomic E-state index is 10.9. The van der Waals surface area contributed by atoms with Crippen LogP contribution in [0.15, 0.2) is 24.3 Å². The zero-order valence-electron chi connectivity index (χ0n) is 6.87. The number of ketones is 1. The number of esters is 1. The summed E-state index contributed by atoms with van der Waals surface area (Å²) in [5.74, 6) is -0.575. The highest BCUT2D eigenvalue weighted by Crippen LogP contribution is 2.22. The van der Waals surface area contributed by atoms with E-state index in [0.29, 0.717) is 5.57 Å². The molecule has 12 heavy (non-hydrogen) atoms. The van der Waals surface area contributed by atoms with Crippen molar-refractivity contribution >= 4 is 11.8 Å². The second kappa shape index (κ2) is 3.34. The van der Waals surface area contributed by atoms with Crippen LogP contribution >= 0.6 is 0 Å².